The summed E-state index contributed by atoms with van der Waals surface area (Å²) in [7, 11) is 0. The molecule has 0 saturated carbocycles. The van der Waals surface area contributed by atoms with Crippen LogP contribution in [0.2, 0.25) is 0 Å². The number of oxime groups is 2. The Kier molecular flexibility index (Phi) is 42.8. The van der Waals surface area contributed by atoms with Crippen LogP contribution >= 0.6 is 0 Å². The summed E-state index contributed by atoms with van der Waals surface area (Å²) in [4.78, 5) is 96.9. The van der Waals surface area contributed by atoms with Crippen LogP contribution in [0.1, 0.15) is 0 Å². The van der Waals surface area contributed by atoms with Crippen LogP contribution in [0.15, 0.2) is 10.3 Å². The maximum atomic E-state index is 12.7. The molecule has 2 amide bonds. The molecule has 0 aromatic heterocycles. The number of hydrogen-bond donors (Lipinski definition) is 18. The predicted octanol–water partition coefficient (Wildman–Crippen LogP) is -19.8. The van der Waals surface area contributed by atoms with E-state index >= 15 is 0 Å². The zero-order valence-electron chi connectivity index (χ0n) is 47.1. The van der Waals surface area contributed by atoms with E-state index in [0.717, 1.165) is 9.80 Å². The molecule has 2 aliphatic rings. The number of carbonyl (C=O) groups excluding carboxylic acids is 7. The van der Waals surface area contributed by atoms with Gasteiger partial charge in [0.1, 0.15) is 111 Å². The van der Waals surface area contributed by atoms with Crippen molar-refractivity contribution in [1.29, 1.82) is 0 Å². The molecule has 42 nitrogen and oxygen atoms in total. The third kappa shape index (κ3) is 31.2. The summed E-state index contributed by atoms with van der Waals surface area (Å²) in [6, 6.07) is 0. The first-order valence-corrected chi connectivity index (χ1v) is 26.2. The molecule has 18 atom stereocenters. The van der Waals surface area contributed by atoms with Gasteiger partial charge in [-0.25, -0.2) is 9.59 Å². The van der Waals surface area contributed by atoms with E-state index in [4.69, 9.17) is 38.1 Å². The van der Waals surface area contributed by atoms with E-state index in [-0.39, 0.29) is 84.7 Å². The fraction of sp³-hybridized carbons (Fsp3) is 0.804. The quantitative estimate of drug-likeness (QED) is 0.0117. The van der Waals surface area contributed by atoms with Gasteiger partial charge >= 0.3 is 51.9 Å². The Bertz CT molecular complexity index is 2010. The molecule has 1 radical (unpaired) electrons. The molecular weight excluding hydrogens is 1370 g/mol. The fourth-order valence-electron chi connectivity index (χ4n) is 7.75. The van der Waals surface area contributed by atoms with E-state index in [9.17, 15) is 131 Å². The third-order valence-corrected chi connectivity index (χ3v) is 12.4. The summed E-state index contributed by atoms with van der Waals surface area (Å²) in [5.74, 6) is -8.72. The maximum Gasteiger partial charge on any atom is 3.00 e. The van der Waals surface area contributed by atoms with Gasteiger partial charge in [0.05, 0.1) is 82.9 Å². The van der Waals surface area contributed by atoms with Gasteiger partial charge in [0, 0.05) is 45.8 Å². The van der Waals surface area contributed by atoms with Crippen molar-refractivity contribution in [1.82, 2.24) is 25.3 Å². The molecule has 20 N–H and O–H groups in total. The van der Waals surface area contributed by atoms with Crippen LogP contribution in [0.5, 0.6) is 0 Å². The van der Waals surface area contributed by atoms with Crippen LogP contribution in [-0.2, 0) is 71.7 Å². The van der Waals surface area contributed by atoms with E-state index in [0.29, 0.717) is 12.4 Å². The van der Waals surface area contributed by atoms with Crippen molar-refractivity contribution in [2.75, 3.05) is 125 Å². The van der Waals surface area contributed by atoms with Crippen molar-refractivity contribution in [2.24, 2.45) is 10.3 Å². The van der Waals surface area contributed by atoms with Gasteiger partial charge in [-0.05, 0) is 0 Å². The number of nitrogens with one attached hydrogen (secondary N) is 2. The Morgan fingerprint density at radius 3 is 1.15 bits per heavy atom. The van der Waals surface area contributed by atoms with E-state index < -0.39 is 237 Å². The Morgan fingerprint density at radius 2 is 0.831 bits per heavy atom. The fourth-order valence-corrected chi connectivity index (χ4v) is 7.75. The second-order valence-electron chi connectivity index (χ2n) is 19.1. The largest absolute Gasteiger partial charge is 3.00 e. The number of esters is 2. The van der Waals surface area contributed by atoms with Crippen molar-refractivity contribution in [2.45, 2.75) is 110 Å². The summed E-state index contributed by atoms with van der Waals surface area (Å²) in [5.41, 5.74) is 0. The van der Waals surface area contributed by atoms with Gasteiger partial charge in [0.15, 0.2) is 12.6 Å². The van der Waals surface area contributed by atoms with Crippen LogP contribution in [0.25, 0.3) is 0 Å². The first kappa shape index (κ1) is 84.6. The van der Waals surface area contributed by atoms with Crippen LogP contribution in [-0.4, -0.2) is 391 Å². The minimum absolute atomic E-state index is 0. The zero-order valence-corrected chi connectivity index (χ0v) is 49.3. The number of rotatable bonds is 44. The number of aliphatic carboxylic acids is 3. The number of ether oxygens (including phenoxy) is 6. The first-order chi connectivity index (χ1) is 41.1. The molecule has 0 bridgehead atoms. The number of hydrogen-bond acceptors (Lipinski definition) is 39. The topological polar surface area (TPSA) is 676 Å². The Balaban J connectivity index is 0.0000387. The summed E-state index contributed by atoms with van der Waals surface area (Å²) in [6.07, 6.45) is -33.3. The van der Waals surface area contributed by atoms with Gasteiger partial charge in [0.25, 0.3) is 0 Å². The molecule has 2 heterocycles. The number of carbonyl (C=O) groups is 7. The average Bonchev–Trinajstić information content (AvgIpc) is 2.32. The van der Waals surface area contributed by atoms with Gasteiger partial charge in [-0.2, -0.15) is 0 Å². The molecule has 0 aromatic rings. The van der Waals surface area contributed by atoms with Crippen molar-refractivity contribution < 1.29 is 214 Å². The van der Waals surface area contributed by atoms with Crippen LogP contribution in [0, 0.1) is 39.9 Å². The Hall–Kier alpha value is -4.41. The molecule has 43 heteroatoms. The van der Waals surface area contributed by atoms with E-state index in [1.165, 1.54) is 4.90 Å². The van der Waals surface area contributed by atoms with Crippen molar-refractivity contribution >= 4 is 54.1 Å². The molecule has 2 saturated heterocycles. The van der Waals surface area contributed by atoms with Gasteiger partial charge < -0.3 is 166 Å². The molecule has 0 unspecified atom stereocenters. The summed E-state index contributed by atoms with van der Waals surface area (Å²) in [5, 5.41) is 206. The van der Waals surface area contributed by atoms with Gasteiger partial charge in [-0.1, -0.05) is 10.3 Å². The van der Waals surface area contributed by atoms with E-state index in [1.54, 1.807) is 0 Å². The molecule has 0 aromatic carbocycles. The number of carboxylic acid groups (broad SMARTS) is 3. The number of amides is 2. The number of aliphatic hydroxyl groups excluding tert-OH is 16. The molecule has 2 rings (SSSR count). The third-order valence-electron chi connectivity index (χ3n) is 12.4. The Morgan fingerprint density at radius 1 is 0.506 bits per heavy atom. The SMILES string of the molecule is O.O=C([O-])CN(CCN(CC(=O)[O-])CC(=O)NCCOC(=O)CO/N=C/[C@@H](O)[C@H](O)[C@@H](O[C@@H]1O[C@H](CO)[C@@H](O)[C@H](O)[C@H]1O)[C@@H](O)CO)CCN(CC(=O)[O-])CC(=O)NCCOC(=O)CO/N=C/[C@@H](O)[C@H](O)[C@@H](O[C@H]1O[C@H](CO)[C@@H](O)[C@H](O)[C@H]1O)[C@@H](O)CO.[Gd+3]. The predicted molar refractivity (Wildman–Crippen MR) is 272 cm³/mol. The zero-order chi connectivity index (χ0) is 65.5. The smallest absolute Gasteiger partial charge is 0.549 e. The van der Waals surface area contributed by atoms with Crippen LogP contribution in [0.4, 0.5) is 0 Å². The van der Waals surface area contributed by atoms with E-state index in [1.807, 2.05) is 0 Å². The van der Waals surface area contributed by atoms with Gasteiger partial charge in [-0.3, -0.25) is 24.3 Å². The molecular formula is C46H78GdN7O35. The van der Waals surface area contributed by atoms with Crippen LogP contribution in [0.3, 0.4) is 0 Å². The minimum atomic E-state index is -2.16. The molecule has 89 heavy (non-hydrogen) atoms. The Labute approximate surface area is 536 Å². The second kappa shape index (κ2) is 45.0. The average molecular weight is 1450 g/mol. The first-order valence-electron chi connectivity index (χ1n) is 26.2. The normalized spacial score (nSPS) is 24.7. The van der Waals surface area contributed by atoms with Crippen molar-refractivity contribution in [3.8, 4) is 0 Å². The summed E-state index contributed by atoms with van der Waals surface area (Å²) < 4.78 is 30.5. The monoisotopic (exact) mass is 1450 g/mol. The minimum Gasteiger partial charge on any atom is -0.549 e. The van der Waals surface area contributed by atoms with E-state index in [2.05, 4.69) is 20.9 Å². The summed E-state index contributed by atoms with van der Waals surface area (Å²) >= 11 is 0. The van der Waals surface area contributed by atoms with Gasteiger partial charge in [-0.15, -0.1) is 0 Å². The molecule has 0 spiro atoms. The molecule has 515 valence electrons. The molecule has 2 aliphatic heterocycles. The summed E-state index contributed by atoms with van der Waals surface area (Å²) in [6.45, 7) is -12.2. The number of aliphatic hydroxyl groups is 16. The maximum absolute atomic E-state index is 12.7. The van der Waals surface area contributed by atoms with Crippen molar-refractivity contribution in [3.63, 3.8) is 0 Å². The molecule has 2 fully saturated rings. The second-order valence-corrected chi connectivity index (χ2v) is 19.1. The van der Waals surface area contributed by atoms with Crippen LogP contribution < -0.4 is 26.0 Å². The molecule has 0 aliphatic carbocycles. The van der Waals surface area contributed by atoms with Gasteiger partial charge in [0.2, 0.25) is 25.0 Å². The van der Waals surface area contributed by atoms with Crippen molar-refractivity contribution in [3.05, 3.63) is 0 Å². The number of nitrogens with zero attached hydrogens (tertiary/aromatic N) is 5. The number of carboxylic acids is 3. The standard InChI is InChI=1S/C46H79N7O34.Gd.H2O/c54-16-24(60)43(86-45-41(78)39(76)37(74)26(18-56)84-45)35(72)22(58)9-49-82-20-33(70)80-7-1-47-28(62)11-52(14-31(66)67)5-3-51(13-30(64)65)4-6-53(15-32(68)69)12-29(63)48-2-8-81-34(71)21-83-50-10-23(59)36(73)44(25(61)17-55)87-46-42(79)40(77)38(75)27(19-57)85-46;;/h9-10,22-27,35-46,54-61,72-79H,1-8,11-21H2,(H,47,62)(H,48,63)(H,64,65)(H,66,67)(H,68,69);;1H2/q;+3;/p-3/b49-9+,50-10+;;/t22-,23-,24+,25+,26-,27-,35+,36+,37-,38-,39+,40+,41-,42-,43+,44+,45-,46+;;/m1../s1.